The van der Waals surface area contributed by atoms with Crippen molar-refractivity contribution in [3.05, 3.63) is 34.3 Å². The van der Waals surface area contributed by atoms with Crippen LogP contribution in [0.15, 0.2) is 28.7 Å². The first kappa shape index (κ1) is 15.5. The highest BCUT2D eigenvalue weighted by atomic mass is 79.9. The molecule has 1 aliphatic rings. The van der Waals surface area contributed by atoms with E-state index in [1.165, 1.54) is 5.56 Å². The van der Waals surface area contributed by atoms with Crippen LogP contribution in [0.1, 0.15) is 31.7 Å². The molecule has 0 radical (unpaired) electrons. The van der Waals surface area contributed by atoms with Crippen LogP contribution in [0.4, 0.5) is 0 Å². The fraction of sp³-hybridized carbons (Fsp3) is 0.562. The Bertz CT molecular complexity index is 456. The van der Waals surface area contributed by atoms with Gasteiger partial charge in [0, 0.05) is 29.5 Å². The maximum absolute atomic E-state index is 12.6. The molecule has 1 fully saturated rings. The van der Waals surface area contributed by atoms with E-state index in [4.69, 9.17) is 5.73 Å². The SMILES string of the molecule is CCC(Cc1ccccc1Br)C(=O)N1CCC(N)CC1. The van der Waals surface area contributed by atoms with Crippen LogP contribution in [0.5, 0.6) is 0 Å². The van der Waals surface area contributed by atoms with Gasteiger partial charge in [0.15, 0.2) is 0 Å². The maximum Gasteiger partial charge on any atom is 0.226 e. The molecule has 1 aromatic rings. The average molecular weight is 339 g/mol. The Balaban J connectivity index is 2.01. The molecule has 20 heavy (non-hydrogen) atoms. The lowest BCUT2D eigenvalue weighted by Crippen LogP contribution is -2.45. The van der Waals surface area contributed by atoms with E-state index >= 15 is 0 Å². The van der Waals surface area contributed by atoms with Crippen LogP contribution in [0.25, 0.3) is 0 Å². The number of hydrogen-bond donors (Lipinski definition) is 1. The Labute approximate surface area is 129 Å². The zero-order valence-electron chi connectivity index (χ0n) is 12.0. The summed E-state index contributed by atoms with van der Waals surface area (Å²) in [6, 6.07) is 8.42. The number of hydrogen-bond acceptors (Lipinski definition) is 2. The number of rotatable bonds is 4. The summed E-state index contributed by atoms with van der Waals surface area (Å²) in [5, 5.41) is 0. The topological polar surface area (TPSA) is 46.3 Å². The largest absolute Gasteiger partial charge is 0.342 e. The Hall–Kier alpha value is -0.870. The lowest BCUT2D eigenvalue weighted by Gasteiger charge is -2.33. The van der Waals surface area contributed by atoms with Gasteiger partial charge >= 0.3 is 0 Å². The minimum absolute atomic E-state index is 0.0722. The van der Waals surface area contributed by atoms with E-state index in [2.05, 4.69) is 28.9 Å². The molecule has 1 unspecified atom stereocenters. The van der Waals surface area contributed by atoms with Crippen molar-refractivity contribution in [2.24, 2.45) is 11.7 Å². The van der Waals surface area contributed by atoms with Crippen molar-refractivity contribution in [2.45, 2.75) is 38.6 Å². The first-order chi connectivity index (χ1) is 9.61. The standard InChI is InChI=1S/C16H23BrN2O/c1-2-12(11-13-5-3-4-6-15(13)17)16(20)19-9-7-14(18)8-10-19/h3-6,12,14H,2,7-11,18H2,1H3. The molecule has 1 atom stereocenters. The number of likely N-dealkylation sites (tertiary alicyclic amines) is 1. The van der Waals surface area contributed by atoms with Gasteiger partial charge in [0.2, 0.25) is 5.91 Å². The average Bonchev–Trinajstić information content (AvgIpc) is 2.46. The molecule has 0 aromatic heterocycles. The zero-order chi connectivity index (χ0) is 14.5. The van der Waals surface area contributed by atoms with E-state index in [9.17, 15) is 4.79 Å². The van der Waals surface area contributed by atoms with E-state index < -0.39 is 0 Å². The van der Waals surface area contributed by atoms with E-state index in [0.717, 1.165) is 43.2 Å². The maximum atomic E-state index is 12.6. The van der Waals surface area contributed by atoms with E-state index in [-0.39, 0.29) is 17.9 Å². The predicted molar refractivity (Wildman–Crippen MR) is 85.4 cm³/mol. The molecule has 4 heteroatoms. The van der Waals surface area contributed by atoms with Crippen molar-refractivity contribution in [1.29, 1.82) is 0 Å². The minimum Gasteiger partial charge on any atom is -0.342 e. The number of carbonyl (C=O) groups excluding carboxylic acids is 1. The van der Waals surface area contributed by atoms with Gasteiger partial charge in [-0.25, -0.2) is 0 Å². The third kappa shape index (κ3) is 3.83. The Morgan fingerprint density at radius 1 is 1.40 bits per heavy atom. The van der Waals surface area contributed by atoms with Crippen molar-refractivity contribution >= 4 is 21.8 Å². The smallest absolute Gasteiger partial charge is 0.226 e. The second kappa shape index (κ2) is 7.23. The molecule has 110 valence electrons. The van der Waals surface area contributed by atoms with Gasteiger partial charge in [-0.3, -0.25) is 4.79 Å². The molecule has 3 nitrogen and oxygen atoms in total. The second-order valence-corrected chi connectivity index (χ2v) is 6.42. The summed E-state index contributed by atoms with van der Waals surface area (Å²) in [6.07, 6.45) is 3.54. The third-order valence-electron chi connectivity index (χ3n) is 4.12. The van der Waals surface area contributed by atoms with E-state index in [1.807, 2.05) is 23.1 Å². The van der Waals surface area contributed by atoms with Gasteiger partial charge < -0.3 is 10.6 Å². The zero-order valence-corrected chi connectivity index (χ0v) is 13.6. The highest BCUT2D eigenvalue weighted by Crippen LogP contribution is 2.23. The van der Waals surface area contributed by atoms with Gasteiger partial charge in [-0.15, -0.1) is 0 Å². The molecule has 1 saturated heterocycles. The summed E-state index contributed by atoms with van der Waals surface area (Å²) in [4.78, 5) is 14.6. The van der Waals surface area contributed by atoms with Crippen molar-refractivity contribution in [3.63, 3.8) is 0 Å². The number of nitrogens with two attached hydrogens (primary N) is 1. The van der Waals surface area contributed by atoms with Crippen LogP contribution in [0.2, 0.25) is 0 Å². The number of benzene rings is 1. The van der Waals surface area contributed by atoms with Crippen LogP contribution in [0, 0.1) is 5.92 Å². The second-order valence-electron chi connectivity index (χ2n) is 5.56. The van der Waals surface area contributed by atoms with Crippen LogP contribution >= 0.6 is 15.9 Å². The van der Waals surface area contributed by atoms with Gasteiger partial charge in [-0.05, 0) is 37.3 Å². The molecule has 2 rings (SSSR count). The monoisotopic (exact) mass is 338 g/mol. The highest BCUT2D eigenvalue weighted by Gasteiger charge is 2.26. The fourth-order valence-corrected chi connectivity index (χ4v) is 3.16. The Kier molecular flexibility index (Phi) is 5.61. The summed E-state index contributed by atoms with van der Waals surface area (Å²) in [5.41, 5.74) is 7.11. The van der Waals surface area contributed by atoms with Gasteiger partial charge in [0.25, 0.3) is 0 Å². The third-order valence-corrected chi connectivity index (χ3v) is 4.89. The van der Waals surface area contributed by atoms with Crippen molar-refractivity contribution < 1.29 is 4.79 Å². The fourth-order valence-electron chi connectivity index (χ4n) is 2.71. The van der Waals surface area contributed by atoms with Gasteiger partial charge in [0.1, 0.15) is 0 Å². The van der Waals surface area contributed by atoms with Gasteiger partial charge in [-0.1, -0.05) is 41.1 Å². The lowest BCUT2D eigenvalue weighted by molar-refractivity contribution is -0.136. The van der Waals surface area contributed by atoms with Crippen LogP contribution in [0.3, 0.4) is 0 Å². The molecular weight excluding hydrogens is 316 g/mol. The number of piperidine rings is 1. The van der Waals surface area contributed by atoms with Crippen molar-refractivity contribution in [1.82, 2.24) is 4.90 Å². The molecule has 0 bridgehead atoms. The quantitative estimate of drug-likeness (QED) is 0.917. The number of carbonyl (C=O) groups is 1. The predicted octanol–water partition coefficient (Wildman–Crippen LogP) is 2.97. The molecule has 1 aromatic carbocycles. The summed E-state index contributed by atoms with van der Waals surface area (Å²) < 4.78 is 1.09. The molecule has 0 saturated carbocycles. The first-order valence-electron chi connectivity index (χ1n) is 7.39. The van der Waals surface area contributed by atoms with Crippen molar-refractivity contribution in [3.8, 4) is 0 Å². The summed E-state index contributed by atoms with van der Waals surface area (Å²) >= 11 is 3.57. The number of halogens is 1. The highest BCUT2D eigenvalue weighted by molar-refractivity contribution is 9.10. The van der Waals surface area contributed by atoms with Crippen LogP contribution in [-0.2, 0) is 11.2 Å². The number of amides is 1. The summed E-state index contributed by atoms with van der Waals surface area (Å²) in [7, 11) is 0. The molecule has 0 aliphatic carbocycles. The molecule has 0 spiro atoms. The molecule has 1 heterocycles. The van der Waals surface area contributed by atoms with E-state index in [0.29, 0.717) is 0 Å². The van der Waals surface area contributed by atoms with Crippen LogP contribution < -0.4 is 5.73 Å². The van der Waals surface area contributed by atoms with Crippen molar-refractivity contribution in [2.75, 3.05) is 13.1 Å². The number of nitrogens with zero attached hydrogens (tertiary/aromatic N) is 1. The minimum atomic E-state index is 0.0722. The summed E-state index contributed by atoms with van der Waals surface area (Å²) in [6.45, 7) is 3.72. The molecule has 2 N–H and O–H groups in total. The van der Waals surface area contributed by atoms with E-state index in [1.54, 1.807) is 0 Å². The molecular formula is C16H23BrN2O. The Morgan fingerprint density at radius 3 is 2.65 bits per heavy atom. The van der Waals surface area contributed by atoms with Gasteiger partial charge in [-0.2, -0.15) is 0 Å². The lowest BCUT2D eigenvalue weighted by atomic mass is 9.94. The normalized spacial score (nSPS) is 18.1. The van der Waals surface area contributed by atoms with Crippen LogP contribution in [-0.4, -0.2) is 29.9 Å². The molecule has 1 amide bonds. The van der Waals surface area contributed by atoms with Gasteiger partial charge in [0.05, 0.1) is 0 Å². The Morgan fingerprint density at radius 2 is 2.05 bits per heavy atom. The molecule has 1 aliphatic heterocycles. The first-order valence-corrected chi connectivity index (χ1v) is 8.19. The summed E-state index contributed by atoms with van der Waals surface area (Å²) in [5.74, 6) is 0.359.